The topological polar surface area (TPSA) is 68.2 Å². The molecule has 1 amide bonds. The largest absolute Gasteiger partial charge is 0.369 e. The van der Waals surface area contributed by atoms with Crippen molar-refractivity contribution in [3.63, 3.8) is 0 Å². The lowest BCUT2D eigenvalue weighted by molar-refractivity contribution is -0.125. The van der Waals surface area contributed by atoms with Gasteiger partial charge in [-0.15, -0.1) is 0 Å². The molecule has 1 heterocycles. The smallest absolute Gasteiger partial charge is 0.224 e. The summed E-state index contributed by atoms with van der Waals surface area (Å²) in [5.41, 5.74) is 4.77. The number of carbonyl (C=O) groups excluding carboxylic acids is 1. The van der Waals surface area contributed by atoms with E-state index in [2.05, 4.69) is 71.8 Å². The van der Waals surface area contributed by atoms with Crippen LogP contribution < -0.4 is 15.5 Å². The number of benzene rings is 2. The van der Waals surface area contributed by atoms with Gasteiger partial charge in [-0.25, -0.2) is 0 Å². The summed E-state index contributed by atoms with van der Waals surface area (Å²) in [4.78, 5) is 15.0. The number of hydrogen-bond acceptors (Lipinski definition) is 4. The summed E-state index contributed by atoms with van der Waals surface area (Å²) in [7, 11) is 0. The summed E-state index contributed by atoms with van der Waals surface area (Å²) in [5, 5.41) is 14.9. The first-order valence-electron chi connectivity index (χ1n) is 10.9. The van der Waals surface area contributed by atoms with Crippen molar-refractivity contribution in [2.75, 3.05) is 37.6 Å². The molecule has 2 aromatic carbocycles. The van der Waals surface area contributed by atoms with Crippen molar-refractivity contribution in [1.29, 1.82) is 5.26 Å². The molecule has 158 valence electrons. The second kappa shape index (κ2) is 10.8. The van der Waals surface area contributed by atoms with E-state index in [0.29, 0.717) is 12.3 Å². The van der Waals surface area contributed by atoms with E-state index in [9.17, 15) is 4.79 Å². The summed E-state index contributed by atoms with van der Waals surface area (Å²) < 4.78 is 0. The van der Waals surface area contributed by atoms with E-state index in [-0.39, 0.29) is 18.4 Å². The number of carbonyl (C=O) groups is 1. The van der Waals surface area contributed by atoms with Gasteiger partial charge in [0.2, 0.25) is 5.91 Å². The number of anilines is 1. The van der Waals surface area contributed by atoms with Crippen LogP contribution in [0.2, 0.25) is 0 Å². The van der Waals surface area contributed by atoms with E-state index in [1.807, 2.05) is 12.1 Å². The molecule has 5 nitrogen and oxygen atoms in total. The van der Waals surface area contributed by atoms with Crippen molar-refractivity contribution in [2.24, 2.45) is 11.8 Å². The molecule has 2 aromatic rings. The number of nitrogens with zero attached hydrogens (tertiary/aromatic N) is 2. The van der Waals surface area contributed by atoms with Crippen LogP contribution in [-0.2, 0) is 11.2 Å². The van der Waals surface area contributed by atoms with Gasteiger partial charge in [0.05, 0.1) is 6.07 Å². The van der Waals surface area contributed by atoms with Gasteiger partial charge in [-0.3, -0.25) is 4.79 Å². The zero-order valence-electron chi connectivity index (χ0n) is 18.0. The average Bonchev–Trinajstić information content (AvgIpc) is 2.78. The highest BCUT2D eigenvalue weighted by Gasteiger charge is 2.21. The Hall–Kier alpha value is -2.84. The second-order valence-corrected chi connectivity index (χ2v) is 8.35. The number of piperazine rings is 1. The van der Waals surface area contributed by atoms with Crippen LogP contribution in [0.4, 0.5) is 5.69 Å². The predicted octanol–water partition coefficient (Wildman–Crippen LogP) is 3.61. The Morgan fingerprint density at radius 2 is 1.83 bits per heavy atom. The van der Waals surface area contributed by atoms with E-state index < -0.39 is 0 Å². The van der Waals surface area contributed by atoms with Crippen LogP contribution in [0.3, 0.4) is 0 Å². The van der Waals surface area contributed by atoms with Crippen molar-refractivity contribution in [1.82, 2.24) is 10.6 Å². The second-order valence-electron chi connectivity index (χ2n) is 8.35. The highest BCUT2D eigenvalue weighted by molar-refractivity contribution is 5.80. The molecule has 1 saturated heterocycles. The molecule has 2 N–H and O–H groups in total. The van der Waals surface area contributed by atoms with Gasteiger partial charge in [-0.05, 0) is 47.6 Å². The minimum absolute atomic E-state index is 0.0332. The Kier molecular flexibility index (Phi) is 7.87. The number of hydrogen-bond donors (Lipinski definition) is 2. The summed E-state index contributed by atoms with van der Waals surface area (Å²) in [6.07, 6.45) is 1.47. The average molecular weight is 405 g/mol. The third-order valence-corrected chi connectivity index (χ3v) is 5.61. The van der Waals surface area contributed by atoms with Crippen LogP contribution in [0.25, 0.3) is 11.1 Å². The number of nitrogens with one attached hydrogen (secondary N) is 2. The first-order chi connectivity index (χ1) is 14.6. The van der Waals surface area contributed by atoms with Gasteiger partial charge in [0.15, 0.2) is 0 Å². The molecule has 1 aliphatic rings. The molecule has 5 heteroatoms. The van der Waals surface area contributed by atoms with Crippen molar-refractivity contribution in [3.05, 3.63) is 54.1 Å². The maximum absolute atomic E-state index is 12.6. The van der Waals surface area contributed by atoms with Crippen molar-refractivity contribution in [3.8, 4) is 17.2 Å². The predicted molar refractivity (Wildman–Crippen MR) is 122 cm³/mol. The minimum Gasteiger partial charge on any atom is -0.369 e. The lowest BCUT2D eigenvalue weighted by Crippen LogP contribution is -2.43. The molecule has 0 radical (unpaired) electrons. The minimum atomic E-state index is -0.139. The van der Waals surface area contributed by atoms with Gasteiger partial charge in [-0.2, -0.15) is 5.26 Å². The third kappa shape index (κ3) is 5.84. The van der Waals surface area contributed by atoms with Gasteiger partial charge in [0.1, 0.15) is 6.54 Å². The SMILES string of the molecule is CC(C)CC(Cc1ccccc1-c1ccc(N2CCNCC2)cc1)C(=O)NCC#N. The zero-order chi connectivity index (χ0) is 21.3. The molecule has 3 rings (SSSR count). The molecule has 1 unspecified atom stereocenters. The lowest BCUT2D eigenvalue weighted by atomic mass is 9.87. The molecular formula is C25H32N4O. The first kappa shape index (κ1) is 21.9. The molecule has 0 aromatic heterocycles. The highest BCUT2D eigenvalue weighted by Crippen LogP contribution is 2.29. The molecule has 1 aliphatic heterocycles. The summed E-state index contributed by atoms with van der Waals surface area (Å²) >= 11 is 0. The van der Waals surface area contributed by atoms with E-state index in [1.54, 1.807) is 0 Å². The zero-order valence-corrected chi connectivity index (χ0v) is 18.0. The third-order valence-electron chi connectivity index (χ3n) is 5.61. The lowest BCUT2D eigenvalue weighted by Gasteiger charge is -2.29. The Morgan fingerprint density at radius 3 is 2.50 bits per heavy atom. The Labute approximate surface area is 180 Å². The maximum Gasteiger partial charge on any atom is 0.224 e. The van der Waals surface area contributed by atoms with E-state index in [0.717, 1.165) is 32.6 Å². The van der Waals surface area contributed by atoms with E-state index in [4.69, 9.17) is 5.26 Å². The monoisotopic (exact) mass is 404 g/mol. The van der Waals surface area contributed by atoms with Crippen LogP contribution in [0, 0.1) is 23.2 Å². The quantitative estimate of drug-likeness (QED) is 0.660. The Morgan fingerprint density at radius 1 is 1.13 bits per heavy atom. The standard InChI is InChI=1S/C25H32N4O/c1-19(2)17-22(25(30)28-12-11-26)18-21-5-3-4-6-24(21)20-7-9-23(10-8-20)29-15-13-27-14-16-29/h3-10,19,22,27H,12-18H2,1-2H3,(H,28,30). The van der Waals surface area contributed by atoms with Crippen LogP contribution in [0.1, 0.15) is 25.8 Å². The molecule has 0 saturated carbocycles. The molecule has 0 spiro atoms. The number of nitriles is 1. The molecule has 1 atom stereocenters. The van der Waals surface area contributed by atoms with Crippen LogP contribution in [0.5, 0.6) is 0 Å². The van der Waals surface area contributed by atoms with Crippen molar-refractivity contribution in [2.45, 2.75) is 26.7 Å². The molecule has 1 fully saturated rings. The molecular weight excluding hydrogens is 372 g/mol. The van der Waals surface area contributed by atoms with Crippen LogP contribution >= 0.6 is 0 Å². The number of amides is 1. The fraction of sp³-hybridized carbons (Fsp3) is 0.440. The normalized spacial score (nSPS) is 14.9. The summed E-state index contributed by atoms with van der Waals surface area (Å²) in [6.45, 7) is 8.43. The summed E-state index contributed by atoms with van der Waals surface area (Å²) in [6, 6.07) is 19.1. The fourth-order valence-corrected chi connectivity index (χ4v) is 4.14. The van der Waals surface area contributed by atoms with Gasteiger partial charge in [0, 0.05) is 37.8 Å². The number of rotatable bonds is 8. The van der Waals surface area contributed by atoms with Crippen LogP contribution in [0.15, 0.2) is 48.5 Å². The van der Waals surface area contributed by atoms with Crippen LogP contribution in [-0.4, -0.2) is 38.6 Å². The molecule has 0 aliphatic carbocycles. The van der Waals surface area contributed by atoms with Crippen molar-refractivity contribution < 1.29 is 4.79 Å². The Bertz CT molecular complexity index is 863. The first-order valence-corrected chi connectivity index (χ1v) is 10.9. The van der Waals surface area contributed by atoms with E-state index in [1.165, 1.54) is 22.4 Å². The van der Waals surface area contributed by atoms with Gasteiger partial charge < -0.3 is 15.5 Å². The van der Waals surface area contributed by atoms with Crippen molar-refractivity contribution >= 4 is 11.6 Å². The molecule has 30 heavy (non-hydrogen) atoms. The fourth-order valence-electron chi connectivity index (χ4n) is 4.14. The maximum atomic E-state index is 12.6. The van der Waals surface area contributed by atoms with Gasteiger partial charge in [0.25, 0.3) is 0 Å². The Balaban J connectivity index is 1.80. The van der Waals surface area contributed by atoms with E-state index >= 15 is 0 Å². The van der Waals surface area contributed by atoms with Gasteiger partial charge in [-0.1, -0.05) is 50.2 Å². The highest BCUT2D eigenvalue weighted by atomic mass is 16.1. The summed E-state index contributed by atoms with van der Waals surface area (Å²) in [5.74, 6) is 0.238. The van der Waals surface area contributed by atoms with Gasteiger partial charge >= 0.3 is 0 Å². The molecule has 0 bridgehead atoms.